The molecule has 0 saturated carbocycles. The van der Waals surface area contributed by atoms with Gasteiger partial charge in [-0.05, 0) is 65.1 Å². The first-order chi connectivity index (χ1) is 9.73. The molecule has 2 heterocycles. The van der Waals surface area contributed by atoms with Crippen LogP contribution in [0.25, 0.3) is 0 Å². The summed E-state index contributed by atoms with van der Waals surface area (Å²) in [4.78, 5) is 9.09. The third kappa shape index (κ3) is 2.78. The zero-order valence-electron chi connectivity index (χ0n) is 12.9. The zero-order valence-corrected chi connectivity index (χ0v) is 13.7. The lowest BCUT2D eigenvalue weighted by molar-refractivity contribution is 0.143. The van der Waals surface area contributed by atoms with Gasteiger partial charge >= 0.3 is 0 Å². The molecule has 1 fully saturated rings. The van der Waals surface area contributed by atoms with Gasteiger partial charge in [-0.25, -0.2) is 4.98 Å². The van der Waals surface area contributed by atoms with Crippen molar-refractivity contribution in [2.75, 3.05) is 26.7 Å². The molecule has 20 heavy (non-hydrogen) atoms. The van der Waals surface area contributed by atoms with Gasteiger partial charge in [0.15, 0.2) is 0 Å². The monoisotopic (exact) mass is 293 g/mol. The van der Waals surface area contributed by atoms with E-state index in [1.54, 1.807) is 4.88 Å². The summed E-state index contributed by atoms with van der Waals surface area (Å²) in [5.74, 6) is 0. The Hall–Kier alpha value is -0.450. The van der Waals surface area contributed by atoms with Crippen molar-refractivity contribution in [3.8, 4) is 0 Å². The van der Waals surface area contributed by atoms with Crippen molar-refractivity contribution in [1.29, 1.82) is 0 Å². The van der Waals surface area contributed by atoms with Gasteiger partial charge in [-0.1, -0.05) is 6.92 Å². The number of rotatable bonds is 4. The molecule has 0 spiro atoms. The van der Waals surface area contributed by atoms with Crippen molar-refractivity contribution >= 4 is 11.3 Å². The summed E-state index contributed by atoms with van der Waals surface area (Å²) in [6.45, 7) is 5.68. The summed E-state index contributed by atoms with van der Waals surface area (Å²) in [7, 11) is 2.25. The molecule has 1 unspecified atom stereocenters. The van der Waals surface area contributed by atoms with Crippen LogP contribution in [0, 0.1) is 0 Å². The Morgan fingerprint density at radius 1 is 1.30 bits per heavy atom. The molecule has 1 saturated heterocycles. The van der Waals surface area contributed by atoms with Gasteiger partial charge in [-0.15, -0.1) is 11.3 Å². The minimum Gasteiger partial charge on any atom is -0.304 e. The van der Waals surface area contributed by atoms with E-state index in [0.29, 0.717) is 0 Å². The fourth-order valence-electron chi connectivity index (χ4n) is 3.59. The summed E-state index contributed by atoms with van der Waals surface area (Å²) in [6.07, 6.45) is 8.84. The molecule has 4 heteroatoms. The van der Waals surface area contributed by atoms with Crippen molar-refractivity contribution in [3.05, 3.63) is 15.6 Å². The van der Waals surface area contributed by atoms with Gasteiger partial charge in [0.25, 0.3) is 0 Å². The molecule has 3 nitrogen and oxygen atoms in total. The van der Waals surface area contributed by atoms with E-state index in [1.807, 2.05) is 11.3 Å². The van der Waals surface area contributed by atoms with E-state index in [2.05, 4.69) is 24.2 Å². The van der Waals surface area contributed by atoms with Gasteiger partial charge in [-0.3, -0.25) is 0 Å². The van der Waals surface area contributed by atoms with Crippen molar-refractivity contribution in [3.63, 3.8) is 0 Å². The average molecular weight is 293 g/mol. The van der Waals surface area contributed by atoms with E-state index in [9.17, 15) is 0 Å². The van der Waals surface area contributed by atoms with E-state index < -0.39 is 0 Å². The van der Waals surface area contributed by atoms with Crippen LogP contribution in [0.5, 0.6) is 0 Å². The number of aromatic nitrogens is 1. The first-order valence-electron chi connectivity index (χ1n) is 8.16. The summed E-state index contributed by atoms with van der Waals surface area (Å²) in [6, 6.07) is 0. The van der Waals surface area contributed by atoms with Gasteiger partial charge in [-0.2, -0.15) is 0 Å². The molecule has 1 aromatic rings. The molecule has 3 rings (SSSR count). The number of likely N-dealkylation sites (tertiary alicyclic amines) is 1. The summed E-state index contributed by atoms with van der Waals surface area (Å²) >= 11 is 1.99. The molecule has 1 aliphatic heterocycles. The van der Waals surface area contributed by atoms with Gasteiger partial charge in [0.2, 0.25) is 0 Å². The van der Waals surface area contributed by atoms with Crippen molar-refractivity contribution in [2.45, 2.75) is 57.4 Å². The van der Waals surface area contributed by atoms with E-state index in [4.69, 9.17) is 4.98 Å². The number of nitrogens with one attached hydrogen (secondary N) is 1. The second-order valence-electron chi connectivity index (χ2n) is 6.45. The molecular formula is C16H27N3S. The van der Waals surface area contributed by atoms with Gasteiger partial charge < -0.3 is 10.2 Å². The maximum Gasteiger partial charge on any atom is 0.115 e. The van der Waals surface area contributed by atoms with Crippen LogP contribution in [-0.2, 0) is 18.4 Å². The van der Waals surface area contributed by atoms with Gasteiger partial charge in [0.1, 0.15) is 5.01 Å². The van der Waals surface area contributed by atoms with E-state index in [1.165, 1.54) is 62.2 Å². The second-order valence-corrected chi connectivity index (χ2v) is 7.53. The van der Waals surface area contributed by atoms with Crippen molar-refractivity contribution in [1.82, 2.24) is 15.2 Å². The molecule has 1 aliphatic carbocycles. The molecular weight excluding hydrogens is 266 g/mol. The fraction of sp³-hybridized carbons (Fsp3) is 0.812. The van der Waals surface area contributed by atoms with Gasteiger partial charge in [0, 0.05) is 11.4 Å². The molecule has 1 N–H and O–H groups in total. The molecule has 0 aromatic carbocycles. The van der Waals surface area contributed by atoms with Gasteiger partial charge in [0.05, 0.1) is 11.2 Å². The minimum absolute atomic E-state index is 0.116. The lowest BCUT2D eigenvalue weighted by Crippen LogP contribution is -2.53. The highest BCUT2D eigenvalue weighted by Crippen LogP contribution is 2.37. The number of likely N-dealkylation sites (N-methyl/N-ethyl adjacent to an activating group) is 1. The minimum atomic E-state index is 0.116. The number of aryl methyl sites for hydroxylation is 2. The number of nitrogens with zero attached hydrogens (tertiary/aromatic N) is 2. The number of hydrogen-bond donors (Lipinski definition) is 1. The maximum absolute atomic E-state index is 5.06. The lowest BCUT2D eigenvalue weighted by atomic mass is 9.89. The second kappa shape index (κ2) is 6.12. The first kappa shape index (κ1) is 14.5. The molecule has 0 amide bonds. The largest absolute Gasteiger partial charge is 0.304 e. The van der Waals surface area contributed by atoms with Crippen molar-refractivity contribution < 1.29 is 0 Å². The highest BCUT2D eigenvalue weighted by atomic mass is 32.1. The average Bonchev–Trinajstić information content (AvgIpc) is 2.90. The highest BCUT2D eigenvalue weighted by Gasteiger charge is 2.38. The smallest absolute Gasteiger partial charge is 0.115 e. The number of piperidine rings is 1. The van der Waals surface area contributed by atoms with Crippen LogP contribution in [-0.4, -0.2) is 36.6 Å². The van der Waals surface area contributed by atoms with E-state index in [-0.39, 0.29) is 5.54 Å². The SMILES string of the molecule is CCCNC1(c2nc3c(s2)CCCC3)CCCN(C)C1. The Balaban J connectivity index is 1.89. The van der Waals surface area contributed by atoms with Crippen LogP contribution in [0.2, 0.25) is 0 Å². The third-order valence-electron chi connectivity index (χ3n) is 4.65. The van der Waals surface area contributed by atoms with Crippen LogP contribution in [0.4, 0.5) is 0 Å². The van der Waals surface area contributed by atoms with Crippen LogP contribution >= 0.6 is 11.3 Å². The molecule has 0 radical (unpaired) electrons. The van der Waals surface area contributed by atoms with Crippen LogP contribution in [0.15, 0.2) is 0 Å². The normalized spacial score (nSPS) is 27.5. The van der Waals surface area contributed by atoms with Crippen LogP contribution in [0.3, 0.4) is 0 Å². The Bertz CT molecular complexity index is 433. The first-order valence-corrected chi connectivity index (χ1v) is 8.98. The number of hydrogen-bond acceptors (Lipinski definition) is 4. The summed E-state index contributed by atoms with van der Waals surface area (Å²) < 4.78 is 0. The standard InChI is InChI=1S/C16H27N3S/c1-3-10-17-16(9-6-11-19(2)12-16)15-18-13-7-4-5-8-14(13)20-15/h17H,3-12H2,1-2H3. The zero-order chi connectivity index (χ0) is 14.0. The molecule has 112 valence electrons. The van der Waals surface area contributed by atoms with E-state index in [0.717, 1.165) is 13.1 Å². The number of thiazole rings is 1. The predicted octanol–water partition coefficient (Wildman–Crippen LogP) is 2.94. The fourth-order valence-corrected chi connectivity index (χ4v) is 4.92. The van der Waals surface area contributed by atoms with E-state index >= 15 is 0 Å². The lowest BCUT2D eigenvalue weighted by Gasteiger charge is -2.41. The Kier molecular flexibility index (Phi) is 4.43. The highest BCUT2D eigenvalue weighted by molar-refractivity contribution is 7.11. The van der Waals surface area contributed by atoms with Crippen molar-refractivity contribution in [2.24, 2.45) is 0 Å². The maximum atomic E-state index is 5.06. The predicted molar refractivity (Wildman–Crippen MR) is 85.5 cm³/mol. The Labute approximate surface area is 126 Å². The molecule has 1 atom stereocenters. The Morgan fingerprint density at radius 2 is 2.15 bits per heavy atom. The topological polar surface area (TPSA) is 28.2 Å². The molecule has 2 aliphatic rings. The molecule has 1 aromatic heterocycles. The number of fused-ring (bicyclic) bond motifs is 1. The summed E-state index contributed by atoms with van der Waals surface area (Å²) in [5.41, 5.74) is 1.52. The quantitative estimate of drug-likeness (QED) is 0.925. The van der Waals surface area contributed by atoms with Crippen LogP contribution < -0.4 is 5.32 Å². The van der Waals surface area contributed by atoms with Crippen LogP contribution in [0.1, 0.15) is 54.6 Å². The molecule has 0 bridgehead atoms. The third-order valence-corrected chi connectivity index (χ3v) is 6.01. The Morgan fingerprint density at radius 3 is 2.90 bits per heavy atom. The summed E-state index contributed by atoms with van der Waals surface area (Å²) in [5, 5.41) is 5.21.